The molecule has 0 fully saturated rings. The lowest BCUT2D eigenvalue weighted by Gasteiger charge is -2.15. The molecule has 0 saturated carbocycles. The van der Waals surface area contributed by atoms with Gasteiger partial charge in [-0.3, -0.25) is 14.7 Å². The Morgan fingerprint density at radius 1 is 1.21 bits per heavy atom. The van der Waals surface area contributed by atoms with Crippen LogP contribution in [-0.4, -0.2) is 22.0 Å². The monoisotopic (exact) mass is 396 g/mol. The Balaban J connectivity index is 1.51. The number of para-hydroxylation sites is 1. The lowest BCUT2D eigenvalue weighted by Crippen LogP contribution is -2.24. The molecular weight excluding hydrogens is 376 g/mol. The Bertz CT molecular complexity index is 1020. The second kappa shape index (κ2) is 7.21. The van der Waals surface area contributed by atoms with E-state index in [0.29, 0.717) is 24.4 Å². The fourth-order valence-electron chi connectivity index (χ4n) is 3.16. The van der Waals surface area contributed by atoms with Gasteiger partial charge < -0.3 is 15.4 Å². The molecule has 7 nitrogen and oxygen atoms in total. The highest BCUT2D eigenvalue weighted by Gasteiger charge is 2.37. The number of aromatic amines is 1. The Hall–Kier alpha value is -2.97. The molecule has 0 atom stereocenters. The molecule has 0 bridgehead atoms. The standard InChI is InChI=1S/C20H20N4O3S/c1-20(2)17-14(11-27-20)16(23-24-17)19(26)22-15-8-4-3-7-13(15)18(25)21-10-12-6-5-9-28-12/h3-9H,10-11H2,1-2H3,(H,21,25)(H,22,26)(H,23,24). The molecule has 2 amide bonds. The van der Waals surface area contributed by atoms with Crippen molar-refractivity contribution in [1.82, 2.24) is 15.5 Å². The minimum absolute atomic E-state index is 0.249. The van der Waals surface area contributed by atoms with Gasteiger partial charge in [-0.15, -0.1) is 11.3 Å². The van der Waals surface area contributed by atoms with Crippen molar-refractivity contribution >= 4 is 28.8 Å². The largest absolute Gasteiger partial charge is 0.364 e. The van der Waals surface area contributed by atoms with Crippen molar-refractivity contribution in [2.24, 2.45) is 0 Å². The summed E-state index contributed by atoms with van der Waals surface area (Å²) in [5, 5.41) is 14.7. The Labute approximate surface area is 166 Å². The van der Waals surface area contributed by atoms with Crippen LogP contribution >= 0.6 is 11.3 Å². The van der Waals surface area contributed by atoms with E-state index >= 15 is 0 Å². The van der Waals surface area contributed by atoms with Crippen LogP contribution < -0.4 is 10.6 Å². The van der Waals surface area contributed by atoms with Gasteiger partial charge in [0.25, 0.3) is 11.8 Å². The van der Waals surface area contributed by atoms with Gasteiger partial charge >= 0.3 is 0 Å². The van der Waals surface area contributed by atoms with E-state index in [1.54, 1.807) is 35.6 Å². The van der Waals surface area contributed by atoms with Crippen molar-refractivity contribution in [1.29, 1.82) is 0 Å². The molecule has 144 valence electrons. The molecule has 1 aromatic carbocycles. The lowest BCUT2D eigenvalue weighted by molar-refractivity contribution is -0.0114. The second-order valence-corrected chi connectivity index (χ2v) is 8.02. The summed E-state index contributed by atoms with van der Waals surface area (Å²) < 4.78 is 5.71. The molecule has 0 unspecified atom stereocenters. The molecule has 1 aliphatic heterocycles. The molecule has 0 radical (unpaired) electrons. The van der Waals surface area contributed by atoms with E-state index in [9.17, 15) is 9.59 Å². The number of carbonyl (C=O) groups excluding carboxylic acids is 2. The third-order valence-corrected chi connectivity index (χ3v) is 5.56. The SMILES string of the molecule is CC1(C)OCc2c(C(=O)Nc3ccccc3C(=O)NCc3cccs3)n[nH]c21. The van der Waals surface area contributed by atoms with Crippen molar-refractivity contribution < 1.29 is 14.3 Å². The fraction of sp³-hybridized carbons (Fsp3) is 0.250. The van der Waals surface area contributed by atoms with Gasteiger partial charge in [-0.1, -0.05) is 18.2 Å². The number of ether oxygens (including phenoxy) is 1. The quantitative estimate of drug-likeness (QED) is 0.616. The number of carbonyl (C=O) groups is 2. The van der Waals surface area contributed by atoms with Gasteiger partial charge in [0.15, 0.2) is 5.69 Å². The van der Waals surface area contributed by atoms with Gasteiger partial charge in [0.1, 0.15) is 5.60 Å². The Morgan fingerprint density at radius 2 is 2.04 bits per heavy atom. The van der Waals surface area contributed by atoms with E-state index in [-0.39, 0.29) is 17.5 Å². The average molecular weight is 396 g/mol. The molecule has 3 N–H and O–H groups in total. The van der Waals surface area contributed by atoms with Gasteiger partial charge in [-0.2, -0.15) is 5.10 Å². The zero-order chi connectivity index (χ0) is 19.7. The van der Waals surface area contributed by atoms with E-state index in [1.165, 1.54) is 0 Å². The van der Waals surface area contributed by atoms with Gasteiger partial charge in [0, 0.05) is 10.4 Å². The summed E-state index contributed by atoms with van der Waals surface area (Å²) in [6.45, 7) is 4.61. The molecule has 3 heterocycles. The third-order valence-electron chi connectivity index (χ3n) is 4.68. The van der Waals surface area contributed by atoms with Crippen molar-refractivity contribution in [3.05, 3.63) is 69.2 Å². The van der Waals surface area contributed by atoms with E-state index in [2.05, 4.69) is 20.8 Å². The summed E-state index contributed by atoms with van der Waals surface area (Å²) in [6, 6.07) is 10.8. The highest BCUT2D eigenvalue weighted by Crippen LogP contribution is 2.35. The van der Waals surface area contributed by atoms with Crippen molar-refractivity contribution in [3.63, 3.8) is 0 Å². The minimum Gasteiger partial charge on any atom is -0.364 e. The van der Waals surface area contributed by atoms with E-state index in [1.807, 2.05) is 31.4 Å². The summed E-state index contributed by atoms with van der Waals surface area (Å²) in [6.07, 6.45) is 0. The van der Waals surface area contributed by atoms with E-state index in [0.717, 1.165) is 16.1 Å². The third kappa shape index (κ3) is 3.44. The molecule has 3 aromatic rings. The molecule has 0 spiro atoms. The molecule has 4 rings (SSSR count). The first-order valence-corrected chi connectivity index (χ1v) is 9.76. The Morgan fingerprint density at radius 3 is 2.82 bits per heavy atom. The zero-order valence-corrected chi connectivity index (χ0v) is 16.4. The van der Waals surface area contributed by atoms with E-state index < -0.39 is 5.60 Å². The highest BCUT2D eigenvalue weighted by molar-refractivity contribution is 7.09. The maximum Gasteiger partial charge on any atom is 0.276 e. The van der Waals surface area contributed by atoms with Crippen LogP contribution in [0.5, 0.6) is 0 Å². The van der Waals surface area contributed by atoms with E-state index in [4.69, 9.17) is 4.74 Å². The normalized spacial score (nSPS) is 14.5. The van der Waals surface area contributed by atoms with Crippen LogP contribution in [0.25, 0.3) is 0 Å². The highest BCUT2D eigenvalue weighted by atomic mass is 32.1. The number of hydrogen-bond acceptors (Lipinski definition) is 5. The van der Waals surface area contributed by atoms with Crippen molar-refractivity contribution in [2.45, 2.75) is 32.6 Å². The number of amides is 2. The molecule has 0 saturated heterocycles. The summed E-state index contributed by atoms with van der Waals surface area (Å²) >= 11 is 1.58. The van der Waals surface area contributed by atoms with Crippen LogP contribution in [0.3, 0.4) is 0 Å². The number of nitrogens with zero attached hydrogens (tertiary/aromatic N) is 1. The second-order valence-electron chi connectivity index (χ2n) is 6.99. The smallest absolute Gasteiger partial charge is 0.276 e. The Kier molecular flexibility index (Phi) is 4.74. The first-order valence-electron chi connectivity index (χ1n) is 8.88. The first-order chi connectivity index (χ1) is 13.5. The van der Waals surface area contributed by atoms with Crippen LogP contribution in [0, 0.1) is 0 Å². The number of benzene rings is 1. The fourth-order valence-corrected chi connectivity index (χ4v) is 3.81. The van der Waals surface area contributed by atoms with Crippen LogP contribution in [0.4, 0.5) is 5.69 Å². The molecule has 1 aliphatic rings. The van der Waals surface area contributed by atoms with Crippen LogP contribution in [0.2, 0.25) is 0 Å². The summed E-state index contributed by atoms with van der Waals surface area (Å²) in [5.74, 6) is -0.627. The van der Waals surface area contributed by atoms with Crippen molar-refractivity contribution in [2.75, 3.05) is 5.32 Å². The predicted octanol–water partition coefficient (Wildman–Crippen LogP) is 3.42. The summed E-state index contributed by atoms with van der Waals surface area (Å²) in [4.78, 5) is 26.4. The number of fused-ring (bicyclic) bond motifs is 1. The maximum absolute atomic E-state index is 12.8. The van der Waals surface area contributed by atoms with Gasteiger partial charge in [0.05, 0.1) is 30.1 Å². The van der Waals surface area contributed by atoms with Crippen molar-refractivity contribution in [3.8, 4) is 0 Å². The summed E-state index contributed by atoms with van der Waals surface area (Å²) in [7, 11) is 0. The summed E-state index contributed by atoms with van der Waals surface area (Å²) in [5.41, 5.74) is 2.18. The maximum atomic E-state index is 12.8. The number of hydrogen-bond donors (Lipinski definition) is 3. The molecule has 8 heteroatoms. The van der Waals surface area contributed by atoms with Crippen LogP contribution in [0.15, 0.2) is 41.8 Å². The number of nitrogens with one attached hydrogen (secondary N) is 3. The lowest BCUT2D eigenvalue weighted by atomic mass is 10.0. The molecular formula is C20H20N4O3S. The van der Waals surface area contributed by atoms with Gasteiger partial charge in [-0.25, -0.2) is 0 Å². The van der Waals surface area contributed by atoms with Gasteiger partial charge in [0.2, 0.25) is 0 Å². The van der Waals surface area contributed by atoms with Gasteiger partial charge in [-0.05, 0) is 37.4 Å². The number of anilines is 1. The van der Waals surface area contributed by atoms with Crippen LogP contribution in [-0.2, 0) is 23.5 Å². The average Bonchev–Trinajstić information content (AvgIpc) is 3.39. The number of H-pyrrole nitrogens is 1. The zero-order valence-electron chi connectivity index (χ0n) is 15.5. The molecule has 28 heavy (non-hydrogen) atoms. The molecule has 0 aliphatic carbocycles. The molecule has 2 aromatic heterocycles. The number of aromatic nitrogens is 2. The first kappa shape index (κ1) is 18.4. The number of rotatable bonds is 5. The number of thiophene rings is 1. The topological polar surface area (TPSA) is 96.1 Å². The minimum atomic E-state index is -0.500. The van der Waals surface area contributed by atoms with Crippen LogP contribution in [0.1, 0.15) is 50.8 Å². The predicted molar refractivity (Wildman–Crippen MR) is 106 cm³/mol.